The van der Waals surface area contributed by atoms with E-state index in [4.69, 9.17) is 16.3 Å². The summed E-state index contributed by atoms with van der Waals surface area (Å²) in [7, 11) is 1.94. The number of carbonyl (C=O) groups excluding carboxylic acids is 1. The van der Waals surface area contributed by atoms with Crippen LogP contribution in [0, 0.1) is 6.92 Å². The zero-order valence-electron chi connectivity index (χ0n) is 15.4. The first-order valence-electron chi connectivity index (χ1n) is 8.96. The number of carbonyl (C=O) groups is 1. The van der Waals surface area contributed by atoms with Gasteiger partial charge in [-0.25, -0.2) is 0 Å². The molecule has 1 aromatic carbocycles. The van der Waals surface area contributed by atoms with Crippen molar-refractivity contribution in [2.75, 3.05) is 19.6 Å². The molecule has 0 spiro atoms. The van der Waals surface area contributed by atoms with Crippen LogP contribution < -0.4 is 4.74 Å². The molecule has 0 bridgehead atoms. The summed E-state index contributed by atoms with van der Waals surface area (Å²) < 4.78 is 8.07. The topological polar surface area (TPSA) is 59.7 Å². The summed E-state index contributed by atoms with van der Waals surface area (Å²) >= 11 is 6.17. The van der Waals surface area contributed by atoms with Gasteiger partial charge in [-0.2, -0.15) is 5.10 Å². The molecule has 0 amide bonds. The van der Waals surface area contributed by atoms with Crippen molar-refractivity contribution in [1.82, 2.24) is 14.7 Å². The molecule has 0 radical (unpaired) electrons. The number of ether oxygens (including phenoxy) is 1. The Morgan fingerprint density at radius 1 is 1.33 bits per heavy atom. The number of ketones is 1. The monoisotopic (exact) mass is 384 g/mol. The van der Waals surface area contributed by atoms with E-state index in [0.717, 1.165) is 35.5 Å². The summed E-state index contributed by atoms with van der Waals surface area (Å²) in [6, 6.07) is 8.07. The Morgan fingerprint density at radius 3 is 2.96 bits per heavy atom. The Balaban J connectivity index is 1.47. The first kappa shape index (κ1) is 17.8. The fourth-order valence-electron chi connectivity index (χ4n) is 3.46. The van der Waals surface area contributed by atoms with Crippen LogP contribution in [-0.4, -0.2) is 52.4 Å². The minimum absolute atomic E-state index is 0.0395. The largest absolute Gasteiger partial charge is 0.488 e. The molecule has 3 heterocycles. The molecule has 2 aromatic rings. The van der Waals surface area contributed by atoms with E-state index in [2.05, 4.69) is 28.0 Å². The zero-order chi connectivity index (χ0) is 19.0. The number of Topliss-reactive ketones (excluding diaryl/α,β-unsaturated/α-hetero) is 1. The molecule has 0 unspecified atom stereocenters. The third-order valence-corrected chi connectivity index (χ3v) is 5.49. The minimum Gasteiger partial charge on any atom is -0.488 e. The Bertz CT molecular complexity index is 947. The highest BCUT2D eigenvalue weighted by Crippen LogP contribution is 2.29. The van der Waals surface area contributed by atoms with Crippen LogP contribution in [0.25, 0.3) is 11.1 Å². The molecule has 7 heteroatoms. The molecule has 6 nitrogen and oxygen atoms in total. The van der Waals surface area contributed by atoms with E-state index in [9.17, 15) is 4.79 Å². The van der Waals surface area contributed by atoms with Crippen LogP contribution in [0.2, 0.25) is 0 Å². The standard InChI is InChI=1S/C20H21ClN4O2/c1-13-17(9-23-24(13)2)14-4-3-5-15(8-14)27-16-6-7-25(12-16)18-10-22-11-19(26)20(18)21/h3-5,8-10,16H,6-7,11-12H2,1-2H3/t16-/m1/s1. The molecule has 27 heavy (non-hydrogen) atoms. The van der Waals surface area contributed by atoms with Gasteiger partial charge in [0.05, 0.1) is 18.4 Å². The lowest BCUT2D eigenvalue weighted by atomic mass is 10.1. The molecular weight excluding hydrogens is 364 g/mol. The van der Waals surface area contributed by atoms with E-state index in [0.29, 0.717) is 12.2 Å². The molecule has 0 aliphatic carbocycles. The van der Waals surface area contributed by atoms with E-state index in [1.54, 1.807) is 6.21 Å². The highest BCUT2D eigenvalue weighted by Gasteiger charge is 2.29. The van der Waals surface area contributed by atoms with Crippen molar-refractivity contribution in [1.29, 1.82) is 0 Å². The van der Waals surface area contributed by atoms with Gasteiger partial charge in [-0.05, 0) is 24.6 Å². The number of aromatic nitrogens is 2. The van der Waals surface area contributed by atoms with Crippen LogP contribution in [0.5, 0.6) is 5.75 Å². The van der Waals surface area contributed by atoms with E-state index >= 15 is 0 Å². The van der Waals surface area contributed by atoms with E-state index in [-0.39, 0.29) is 23.5 Å². The molecule has 1 atom stereocenters. The molecule has 1 fully saturated rings. The molecule has 140 valence electrons. The van der Waals surface area contributed by atoms with E-state index < -0.39 is 0 Å². The maximum Gasteiger partial charge on any atom is 0.197 e. The number of nitrogens with zero attached hydrogens (tertiary/aromatic N) is 4. The van der Waals surface area contributed by atoms with Gasteiger partial charge < -0.3 is 9.64 Å². The van der Waals surface area contributed by atoms with Crippen molar-refractivity contribution in [2.45, 2.75) is 19.4 Å². The molecule has 1 aromatic heterocycles. The van der Waals surface area contributed by atoms with Crippen molar-refractivity contribution in [3.8, 4) is 16.9 Å². The number of benzene rings is 1. The van der Waals surface area contributed by atoms with Gasteiger partial charge in [-0.15, -0.1) is 0 Å². The smallest absolute Gasteiger partial charge is 0.197 e. The summed E-state index contributed by atoms with van der Waals surface area (Å²) in [5, 5.41) is 4.59. The highest BCUT2D eigenvalue weighted by molar-refractivity contribution is 6.44. The quantitative estimate of drug-likeness (QED) is 0.813. The first-order valence-corrected chi connectivity index (χ1v) is 9.34. The summed E-state index contributed by atoms with van der Waals surface area (Å²) in [6.45, 7) is 3.66. The van der Waals surface area contributed by atoms with Gasteiger partial charge in [0.2, 0.25) is 0 Å². The average Bonchev–Trinajstić information content (AvgIpc) is 3.25. The lowest BCUT2D eigenvalue weighted by molar-refractivity contribution is -0.113. The second kappa shape index (κ2) is 7.19. The van der Waals surface area contributed by atoms with E-state index in [1.165, 1.54) is 0 Å². The van der Waals surface area contributed by atoms with Crippen LogP contribution in [0.1, 0.15) is 12.1 Å². The summed E-state index contributed by atoms with van der Waals surface area (Å²) in [5.41, 5.74) is 4.01. The average molecular weight is 385 g/mol. The van der Waals surface area contributed by atoms with E-state index in [1.807, 2.05) is 36.1 Å². The number of likely N-dealkylation sites (tertiary alicyclic amines) is 1. The zero-order valence-corrected chi connectivity index (χ0v) is 16.1. The van der Waals surface area contributed by atoms with Crippen molar-refractivity contribution in [2.24, 2.45) is 12.0 Å². The van der Waals surface area contributed by atoms with Crippen LogP contribution in [-0.2, 0) is 11.8 Å². The number of halogens is 1. The van der Waals surface area contributed by atoms with Gasteiger partial charge in [-0.3, -0.25) is 14.5 Å². The summed E-state index contributed by atoms with van der Waals surface area (Å²) in [4.78, 5) is 17.9. The fourth-order valence-corrected chi connectivity index (χ4v) is 3.69. The van der Waals surface area contributed by atoms with Gasteiger partial charge >= 0.3 is 0 Å². The molecule has 0 saturated carbocycles. The predicted molar refractivity (Wildman–Crippen MR) is 105 cm³/mol. The van der Waals surface area contributed by atoms with Gasteiger partial charge in [-0.1, -0.05) is 23.7 Å². The minimum atomic E-state index is -0.127. The lowest BCUT2D eigenvalue weighted by Crippen LogP contribution is -2.28. The van der Waals surface area contributed by atoms with Gasteiger partial charge in [0.1, 0.15) is 23.4 Å². The Kier molecular flexibility index (Phi) is 4.74. The Hall–Kier alpha value is -2.60. The molecule has 0 N–H and O–H groups in total. The number of hydrogen-bond donors (Lipinski definition) is 0. The number of allylic oxidation sites excluding steroid dienone is 1. The molecule has 2 aliphatic rings. The third kappa shape index (κ3) is 3.49. The molecule has 1 saturated heterocycles. The summed E-state index contributed by atoms with van der Waals surface area (Å²) in [5.74, 6) is 0.703. The second-order valence-corrected chi connectivity index (χ2v) is 7.24. The Morgan fingerprint density at radius 2 is 2.19 bits per heavy atom. The summed E-state index contributed by atoms with van der Waals surface area (Å²) in [6.07, 6.45) is 4.47. The fraction of sp³-hybridized carbons (Fsp3) is 0.350. The third-order valence-electron chi connectivity index (χ3n) is 5.09. The normalized spacial score (nSPS) is 19.9. The van der Waals surface area contributed by atoms with Gasteiger partial charge in [0.25, 0.3) is 0 Å². The van der Waals surface area contributed by atoms with Gasteiger partial charge in [0.15, 0.2) is 5.78 Å². The second-order valence-electron chi connectivity index (χ2n) is 6.86. The maximum absolute atomic E-state index is 11.8. The number of aryl methyl sites for hydroxylation is 1. The van der Waals surface area contributed by atoms with Crippen LogP contribution >= 0.6 is 11.6 Å². The van der Waals surface area contributed by atoms with Crippen LogP contribution in [0.3, 0.4) is 0 Å². The van der Waals surface area contributed by atoms with Gasteiger partial charge in [0, 0.05) is 37.5 Å². The predicted octanol–water partition coefficient (Wildman–Crippen LogP) is 2.95. The van der Waals surface area contributed by atoms with Crippen molar-refractivity contribution in [3.63, 3.8) is 0 Å². The maximum atomic E-state index is 11.8. The SMILES string of the molecule is Cc1c(-c2cccc(O[C@@H]3CCN(C4=C(Cl)C(=O)CN=C4)C3)c2)cnn1C. The number of dihydropyridines is 1. The number of aliphatic imine (C=N–C) groups is 1. The molecule has 4 rings (SSSR count). The molecule has 2 aliphatic heterocycles. The van der Waals surface area contributed by atoms with Crippen molar-refractivity contribution < 1.29 is 9.53 Å². The van der Waals surface area contributed by atoms with Crippen LogP contribution in [0.4, 0.5) is 0 Å². The van der Waals surface area contributed by atoms with Crippen LogP contribution in [0.15, 0.2) is 46.2 Å². The number of hydrogen-bond acceptors (Lipinski definition) is 5. The number of rotatable bonds is 4. The van der Waals surface area contributed by atoms with Crippen molar-refractivity contribution in [3.05, 3.63) is 46.9 Å². The highest BCUT2D eigenvalue weighted by atomic mass is 35.5. The first-order chi connectivity index (χ1) is 13.0. The molecular formula is C20H21ClN4O2. The Labute approximate surface area is 163 Å². The lowest BCUT2D eigenvalue weighted by Gasteiger charge is -2.22. The van der Waals surface area contributed by atoms with Crippen molar-refractivity contribution >= 4 is 23.6 Å².